The van der Waals surface area contributed by atoms with Crippen LogP contribution in [0.4, 0.5) is 5.69 Å². The lowest BCUT2D eigenvalue weighted by Crippen LogP contribution is -2.49. The number of halogens is 2. The van der Waals surface area contributed by atoms with Crippen LogP contribution in [-0.2, 0) is 9.53 Å². The third kappa shape index (κ3) is 5.02. The molecule has 0 saturated carbocycles. The van der Waals surface area contributed by atoms with Gasteiger partial charge in [0.1, 0.15) is 0 Å². The maximum atomic E-state index is 12.2. The molecule has 1 amide bonds. The van der Waals surface area contributed by atoms with E-state index in [2.05, 4.69) is 4.90 Å². The molecule has 1 aliphatic heterocycles. The summed E-state index contributed by atoms with van der Waals surface area (Å²) in [5.41, 5.74) is 6.66. The molecule has 0 spiro atoms. The number of carbonyl (C=O) groups is 1. The Labute approximate surface area is 142 Å². The highest BCUT2D eigenvalue weighted by atomic mass is 35.5. The molecule has 1 unspecified atom stereocenters. The van der Waals surface area contributed by atoms with Crippen molar-refractivity contribution < 1.29 is 9.53 Å². The number of nitrogens with zero attached hydrogens (tertiary/aromatic N) is 2. The number of methoxy groups -OCH3 is 1. The van der Waals surface area contributed by atoms with E-state index in [1.807, 2.05) is 29.2 Å². The number of benzene rings is 1. The fourth-order valence-electron chi connectivity index (χ4n) is 2.47. The standard InChI is InChI=1S/C15H22ClN3O2.ClH/c1-21-14(11-17)10-15(20)19-7-5-18(6-8-19)13-4-2-3-12(16)9-13;/h2-4,9,14H,5-8,10-11,17H2,1H3;1H. The first-order valence-corrected chi connectivity index (χ1v) is 7.53. The van der Waals surface area contributed by atoms with Crippen molar-refractivity contribution in [2.24, 2.45) is 5.73 Å². The molecule has 0 radical (unpaired) electrons. The summed E-state index contributed by atoms with van der Waals surface area (Å²) in [7, 11) is 1.59. The third-order valence-electron chi connectivity index (χ3n) is 3.80. The van der Waals surface area contributed by atoms with Crippen LogP contribution in [0.15, 0.2) is 24.3 Å². The van der Waals surface area contributed by atoms with Crippen LogP contribution < -0.4 is 10.6 Å². The third-order valence-corrected chi connectivity index (χ3v) is 4.04. The SMILES string of the molecule is COC(CN)CC(=O)N1CCN(c2cccc(Cl)c2)CC1.Cl. The Bertz CT molecular complexity index is 476. The van der Waals surface area contributed by atoms with Gasteiger partial charge in [-0.2, -0.15) is 0 Å². The van der Waals surface area contributed by atoms with Crippen molar-refractivity contribution in [1.29, 1.82) is 0 Å². The van der Waals surface area contributed by atoms with Crippen LogP contribution in [0.2, 0.25) is 5.02 Å². The molecular weight excluding hydrogens is 325 g/mol. The number of rotatable bonds is 5. The maximum Gasteiger partial charge on any atom is 0.225 e. The lowest BCUT2D eigenvalue weighted by atomic mass is 10.2. The van der Waals surface area contributed by atoms with Crippen molar-refractivity contribution in [2.75, 3.05) is 44.7 Å². The highest BCUT2D eigenvalue weighted by molar-refractivity contribution is 6.30. The Morgan fingerprint density at radius 1 is 1.36 bits per heavy atom. The van der Waals surface area contributed by atoms with Gasteiger partial charge in [0.25, 0.3) is 0 Å². The minimum Gasteiger partial charge on any atom is -0.380 e. The minimum atomic E-state index is -0.191. The van der Waals surface area contributed by atoms with E-state index in [1.54, 1.807) is 7.11 Å². The van der Waals surface area contributed by atoms with E-state index in [-0.39, 0.29) is 24.4 Å². The number of ether oxygens (including phenoxy) is 1. The second-order valence-corrected chi connectivity index (χ2v) is 5.58. The Kier molecular flexibility index (Phi) is 7.96. The summed E-state index contributed by atoms with van der Waals surface area (Å²) in [6.07, 6.45) is 0.160. The lowest BCUT2D eigenvalue weighted by molar-refractivity contribution is -0.133. The summed E-state index contributed by atoms with van der Waals surface area (Å²) in [4.78, 5) is 16.3. The van der Waals surface area contributed by atoms with Gasteiger partial charge in [0.15, 0.2) is 0 Å². The van der Waals surface area contributed by atoms with Crippen LogP contribution in [0.3, 0.4) is 0 Å². The molecule has 22 heavy (non-hydrogen) atoms. The molecule has 1 fully saturated rings. The maximum absolute atomic E-state index is 12.2. The highest BCUT2D eigenvalue weighted by Gasteiger charge is 2.23. The quantitative estimate of drug-likeness (QED) is 0.881. The van der Waals surface area contributed by atoms with Gasteiger partial charge in [-0.1, -0.05) is 17.7 Å². The molecule has 1 saturated heterocycles. The van der Waals surface area contributed by atoms with Crippen molar-refractivity contribution in [3.8, 4) is 0 Å². The van der Waals surface area contributed by atoms with Crippen LogP contribution in [-0.4, -0.2) is 56.7 Å². The Hall–Kier alpha value is -1.01. The zero-order valence-corrected chi connectivity index (χ0v) is 14.3. The van der Waals surface area contributed by atoms with E-state index in [1.165, 1.54) is 0 Å². The molecule has 2 rings (SSSR count). The van der Waals surface area contributed by atoms with E-state index >= 15 is 0 Å². The van der Waals surface area contributed by atoms with Gasteiger partial charge < -0.3 is 20.3 Å². The number of amides is 1. The molecule has 1 heterocycles. The molecule has 1 aliphatic rings. The van der Waals surface area contributed by atoms with Crippen molar-refractivity contribution in [1.82, 2.24) is 4.90 Å². The zero-order chi connectivity index (χ0) is 15.2. The molecule has 5 nitrogen and oxygen atoms in total. The molecule has 1 atom stereocenters. The molecule has 0 bridgehead atoms. The second-order valence-electron chi connectivity index (χ2n) is 5.15. The van der Waals surface area contributed by atoms with Gasteiger partial charge >= 0.3 is 0 Å². The number of nitrogens with two attached hydrogens (primary N) is 1. The molecule has 2 N–H and O–H groups in total. The highest BCUT2D eigenvalue weighted by Crippen LogP contribution is 2.21. The van der Waals surface area contributed by atoms with Crippen molar-refractivity contribution in [3.05, 3.63) is 29.3 Å². The largest absolute Gasteiger partial charge is 0.380 e. The van der Waals surface area contributed by atoms with Gasteiger partial charge in [-0.15, -0.1) is 12.4 Å². The average molecular weight is 348 g/mol. The number of piperazine rings is 1. The molecule has 124 valence electrons. The fraction of sp³-hybridized carbons (Fsp3) is 0.533. The van der Waals surface area contributed by atoms with E-state index in [9.17, 15) is 4.79 Å². The molecule has 1 aromatic rings. The van der Waals surface area contributed by atoms with Crippen LogP contribution >= 0.6 is 24.0 Å². The second kappa shape index (κ2) is 9.20. The summed E-state index contributed by atoms with van der Waals surface area (Å²) in [5.74, 6) is 0.109. The zero-order valence-electron chi connectivity index (χ0n) is 12.7. The molecule has 1 aromatic carbocycles. The molecule has 7 heteroatoms. The van der Waals surface area contributed by atoms with Gasteiger partial charge in [-0.25, -0.2) is 0 Å². The molecule has 0 aromatic heterocycles. The van der Waals surface area contributed by atoms with Gasteiger partial charge in [-0.05, 0) is 18.2 Å². The van der Waals surface area contributed by atoms with Crippen molar-refractivity contribution in [3.63, 3.8) is 0 Å². The normalized spacial score (nSPS) is 16.1. The molecular formula is C15H23Cl2N3O2. The summed E-state index contributed by atoms with van der Waals surface area (Å²) in [6.45, 7) is 3.42. The lowest BCUT2D eigenvalue weighted by Gasteiger charge is -2.36. The Morgan fingerprint density at radius 3 is 2.59 bits per heavy atom. The summed E-state index contributed by atoms with van der Waals surface area (Å²) in [5, 5.41) is 0.733. The van der Waals surface area contributed by atoms with Crippen molar-refractivity contribution >= 4 is 35.6 Å². The van der Waals surface area contributed by atoms with Crippen LogP contribution in [0.25, 0.3) is 0 Å². The summed E-state index contributed by atoms with van der Waals surface area (Å²) >= 11 is 6.02. The Balaban J connectivity index is 0.00000242. The average Bonchev–Trinajstić information content (AvgIpc) is 2.52. The smallest absolute Gasteiger partial charge is 0.225 e. The first-order chi connectivity index (χ1) is 10.1. The van der Waals surface area contributed by atoms with Crippen molar-refractivity contribution in [2.45, 2.75) is 12.5 Å². The number of hydrogen-bond donors (Lipinski definition) is 1. The summed E-state index contributed by atoms with van der Waals surface area (Å²) < 4.78 is 5.17. The predicted octanol–water partition coefficient (Wildman–Crippen LogP) is 1.77. The number of carbonyl (C=O) groups excluding carboxylic acids is 1. The van der Waals surface area contributed by atoms with E-state index in [4.69, 9.17) is 22.1 Å². The van der Waals surface area contributed by atoms with E-state index in [0.29, 0.717) is 26.1 Å². The van der Waals surface area contributed by atoms with Crippen LogP contribution in [0.1, 0.15) is 6.42 Å². The van der Waals surface area contributed by atoms with Gasteiger partial charge in [0, 0.05) is 50.5 Å². The van der Waals surface area contributed by atoms with E-state index < -0.39 is 0 Å². The predicted molar refractivity (Wildman–Crippen MR) is 92.0 cm³/mol. The number of hydrogen-bond acceptors (Lipinski definition) is 4. The van der Waals surface area contributed by atoms with E-state index in [0.717, 1.165) is 23.8 Å². The first-order valence-electron chi connectivity index (χ1n) is 7.15. The van der Waals surface area contributed by atoms with Gasteiger partial charge in [-0.3, -0.25) is 4.79 Å². The monoisotopic (exact) mass is 347 g/mol. The fourth-order valence-corrected chi connectivity index (χ4v) is 2.66. The first kappa shape index (κ1) is 19.0. The number of anilines is 1. The molecule has 0 aliphatic carbocycles. The van der Waals surface area contributed by atoms with Gasteiger partial charge in [0.2, 0.25) is 5.91 Å². The van der Waals surface area contributed by atoms with Crippen LogP contribution in [0.5, 0.6) is 0 Å². The summed E-state index contributed by atoms with van der Waals surface area (Å²) in [6, 6.07) is 7.80. The Morgan fingerprint density at radius 2 is 2.05 bits per heavy atom. The topological polar surface area (TPSA) is 58.8 Å². The van der Waals surface area contributed by atoms with Crippen LogP contribution in [0, 0.1) is 0 Å². The van der Waals surface area contributed by atoms with Gasteiger partial charge in [0.05, 0.1) is 12.5 Å². The minimum absolute atomic E-state index is 0.